The molecule has 0 aliphatic carbocycles. The van der Waals surface area contributed by atoms with E-state index >= 15 is 0 Å². The molecule has 3 heterocycles. The molecule has 0 spiro atoms. The summed E-state index contributed by atoms with van der Waals surface area (Å²) in [5.41, 5.74) is 0.837. The Balaban J connectivity index is 1.53. The van der Waals surface area contributed by atoms with Gasteiger partial charge in [-0.2, -0.15) is 0 Å². The van der Waals surface area contributed by atoms with Crippen molar-refractivity contribution in [2.24, 2.45) is 5.92 Å². The summed E-state index contributed by atoms with van der Waals surface area (Å²) >= 11 is 0. The first-order chi connectivity index (χ1) is 12.2. The van der Waals surface area contributed by atoms with E-state index < -0.39 is 0 Å². The largest absolute Gasteiger partial charge is 0.396 e. The minimum Gasteiger partial charge on any atom is -0.396 e. The Morgan fingerprint density at radius 1 is 1.32 bits per heavy atom. The summed E-state index contributed by atoms with van der Waals surface area (Å²) in [5.74, 6) is 0.700. The molecule has 2 aliphatic heterocycles. The molecule has 0 unspecified atom stereocenters. The Labute approximate surface area is 148 Å². The highest BCUT2D eigenvalue weighted by Crippen LogP contribution is 2.31. The Bertz CT molecular complexity index is 595. The van der Waals surface area contributed by atoms with E-state index in [-0.39, 0.29) is 24.5 Å². The lowest BCUT2D eigenvalue weighted by atomic mass is 9.83. The van der Waals surface area contributed by atoms with Crippen molar-refractivity contribution >= 4 is 11.8 Å². The zero-order valence-electron chi connectivity index (χ0n) is 14.5. The van der Waals surface area contributed by atoms with E-state index in [0.29, 0.717) is 44.7 Å². The Morgan fingerprint density at radius 2 is 2.20 bits per heavy atom. The van der Waals surface area contributed by atoms with E-state index in [4.69, 9.17) is 5.11 Å². The van der Waals surface area contributed by atoms with Crippen molar-refractivity contribution in [3.63, 3.8) is 0 Å². The van der Waals surface area contributed by atoms with Crippen LogP contribution in [0.4, 0.5) is 0 Å². The van der Waals surface area contributed by atoms with Crippen LogP contribution in [0.2, 0.25) is 0 Å². The van der Waals surface area contributed by atoms with E-state index in [2.05, 4.69) is 9.97 Å². The van der Waals surface area contributed by atoms with Gasteiger partial charge in [-0.3, -0.25) is 19.6 Å². The third kappa shape index (κ3) is 4.34. The molecule has 0 saturated carbocycles. The van der Waals surface area contributed by atoms with Crippen molar-refractivity contribution in [1.82, 2.24) is 19.8 Å². The highest BCUT2D eigenvalue weighted by Gasteiger charge is 2.39. The molecule has 25 heavy (non-hydrogen) atoms. The van der Waals surface area contributed by atoms with E-state index in [1.54, 1.807) is 18.6 Å². The summed E-state index contributed by atoms with van der Waals surface area (Å²) in [6, 6.07) is 0.219. The maximum absolute atomic E-state index is 12.5. The van der Waals surface area contributed by atoms with Crippen LogP contribution in [0.1, 0.15) is 37.8 Å². The van der Waals surface area contributed by atoms with Gasteiger partial charge in [-0.1, -0.05) is 0 Å². The summed E-state index contributed by atoms with van der Waals surface area (Å²) in [4.78, 5) is 36.8. The van der Waals surface area contributed by atoms with E-state index in [1.807, 2.05) is 9.80 Å². The van der Waals surface area contributed by atoms with Gasteiger partial charge in [0.1, 0.15) is 0 Å². The number of hydrogen-bond acceptors (Lipinski definition) is 5. The summed E-state index contributed by atoms with van der Waals surface area (Å²) in [6.07, 6.45) is 8.89. The van der Waals surface area contributed by atoms with Crippen LogP contribution in [0.25, 0.3) is 0 Å². The number of likely N-dealkylation sites (tertiary alicyclic amines) is 2. The normalized spacial score (nSPS) is 23.5. The third-order valence-electron chi connectivity index (χ3n) is 5.26. The predicted molar refractivity (Wildman–Crippen MR) is 91.5 cm³/mol. The van der Waals surface area contributed by atoms with Gasteiger partial charge in [-0.05, 0) is 31.6 Å². The second-order valence-electron chi connectivity index (χ2n) is 6.86. The maximum atomic E-state index is 12.5. The average molecular weight is 346 g/mol. The van der Waals surface area contributed by atoms with Crippen molar-refractivity contribution in [2.75, 3.05) is 26.2 Å². The fourth-order valence-corrected chi connectivity index (χ4v) is 3.96. The van der Waals surface area contributed by atoms with Gasteiger partial charge in [0.05, 0.1) is 5.69 Å². The molecule has 2 saturated heterocycles. The Kier molecular flexibility index (Phi) is 5.96. The summed E-state index contributed by atoms with van der Waals surface area (Å²) < 4.78 is 0. The molecular formula is C18H26N4O3. The number of carbonyl (C=O) groups is 2. The van der Waals surface area contributed by atoms with Crippen LogP contribution in [-0.2, 0) is 16.0 Å². The van der Waals surface area contributed by atoms with E-state index in [1.165, 1.54) is 0 Å². The summed E-state index contributed by atoms with van der Waals surface area (Å²) in [7, 11) is 0. The lowest BCUT2D eigenvalue weighted by molar-refractivity contribution is -0.144. The van der Waals surface area contributed by atoms with Gasteiger partial charge in [-0.25, -0.2) is 0 Å². The minimum atomic E-state index is 0.105. The number of aromatic nitrogens is 2. The highest BCUT2D eigenvalue weighted by atomic mass is 16.3. The average Bonchev–Trinajstić information content (AvgIpc) is 2.66. The molecule has 1 aromatic heterocycles. The van der Waals surface area contributed by atoms with Gasteiger partial charge in [-0.15, -0.1) is 0 Å². The smallest absolute Gasteiger partial charge is 0.222 e. The van der Waals surface area contributed by atoms with Crippen LogP contribution in [0.5, 0.6) is 0 Å². The molecule has 7 nitrogen and oxygen atoms in total. The maximum Gasteiger partial charge on any atom is 0.222 e. The van der Waals surface area contributed by atoms with Gasteiger partial charge in [0.2, 0.25) is 11.8 Å². The molecular weight excluding hydrogens is 320 g/mol. The molecule has 0 bridgehead atoms. The quantitative estimate of drug-likeness (QED) is 0.816. The first-order valence-electron chi connectivity index (χ1n) is 9.12. The zero-order valence-corrected chi connectivity index (χ0v) is 14.5. The summed E-state index contributed by atoms with van der Waals surface area (Å²) in [5, 5.41) is 9.05. The Hall–Kier alpha value is -2.02. The van der Waals surface area contributed by atoms with Gasteiger partial charge >= 0.3 is 0 Å². The number of hydrogen-bond donors (Lipinski definition) is 1. The van der Waals surface area contributed by atoms with Crippen molar-refractivity contribution in [2.45, 2.75) is 44.6 Å². The molecule has 1 N–H and O–H groups in total. The SMILES string of the molecule is O=C(CCc1cnccn1)N1CC[C@@H]2[C@@H](CCC(=O)N2CCCO)C1. The molecule has 2 atom stereocenters. The molecule has 2 amide bonds. The predicted octanol–water partition coefficient (Wildman–Crippen LogP) is 0.631. The molecule has 2 fully saturated rings. The first-order valence-corrected chi connectivity index (χ1v) is 9.12. The van der Waals surface area contributed by atoms with E-state index in [9.17, 15) is 9.59 Å². The van der Waals surface area contributed by atoms with Gasteiger partial charge < -0.3 is 14.9 Å². The summed E-state index contributed by atoms with van der Waals surface area (Å²) in [6.45, 7) is 2.15. The van der Waals surface area contributed by atoms with Crippen molar-refractivity contribution in [3.8, 4) is 0 Å². The number of aryl methyl sites for hydroxylation is 1. The van der Waals surface area contributed by atoms with Gasteiger partial charge in [0.15, 0.2) is 0 Å². The lowest BCUT2D eigenvalue weighted by Gasteiger charge is -2.47. The second kappa shape index (κ2) is 8.38. The Morgan fingerprint density at radius 3 is 2.96 bits per heavy atom. The van der Waals surface area contributed by atoms with Crippen molar-refractivity contribution in [1.29, 1.82) is 0 Å². The van der Waals surface area contributed by atoms with Crippen molar-refractivity contribution in [3.05, 3.63) is 24.3 Å². The fourth-order valence-electron chi connectivity index (χ4n) is 3.96. The molecule has 3 rings (SSSR count). The van der Waals surface area contributed by atoms with Crippen molar-refractivity contribution < 1.29 is 14.7 Å². The molecule has 0 radical (unpaired) electrons. The molecule has 136 valence electrons. The van der Waals surface area contributed by atoms with E-state index in [0.717, 1.165) is 25.1 Å². The van der Waals surface area contributed by atoms with Gasteiger partial charge in [0, 0.05) is 63.7 Å². The zero-order chi connectivity index (χ0) is 17.6. The van der Waals surface area contributed by atoms with Crippen LogP contribution in [0, 0.1) is 5.92 Å². The monoisotopic (exact) mass is 346 g/mol. The van der Waals surface area contributed by atoms with Crippen LogP contribution >= 0.6 is 0 Å². The van der Waals surface area contributed by atoms with Crippen LogP contribution < -0.4 is 0 Å². The number of carbonyl (C=O) groups excluding carboxylic acids is 2. The number of nitrogens with zero attached hydrogens (tertiary/aromatic N) is 4. The third-order valence-corrected chi connectivity index (χ3v) is 5.26. The van der Waals surface area contributed by atoms with Crippen LogP contribution in [-0.4, -0.2) is 69.0 Å². The standard InChI is InChI=1S/C18H26N4O3/c23-11-1-9-22-16-6-10-21(13-14(16)2-4-18(22)25)17(24)5-3-15-12-19-7-8-20-15/h7-8,12,14,16,23H,1-6,9-11,13H2/t14-,16+/m0/s1. The van der Waals surface area contributed by atoms with Crippen LogP contribution in [0.15, 0.2) is 18.6 Å². The number of rotatable bonds is 6. The second-order valence-corrected chi connectivity index (χ2v) is 6.86. The van der Waals surface area contributed by atoms with Gasteiger partial charge in [0.25, 0.3) is 0 Å². The molecule has 1 aromatic rings. The minimum absolute atomic E-state index is 0.105. The number of aliphatic hydroxyl groups is 1. The number of aliphatic hydroxyl groups excluding tert-OH is 1. The number of fused-ring (bicyclic) bond motifs is 1. The number of piperidine rings is 2. The topological polar surface area (TPSA) is 86.6 Å². The first kappa shape index (κ1) is 17.8. The number of amides is 2. The molecule has 2 aliphatic rings. The van der Waals surface area contributed by atoms with Crippen LogP contribution in [0.3, 0.4) is 0 Å². The molecule has 7 heteroatoms. The lowest BCUT2D eigenvalue weighted by Crippen LogP contribution is -2.57. The highest BCUT2D eigenvalue weighted by molar-refractivity contribution is 5.78. The fraction of sp³-hybridized carbons (Fsp3) is 0.667. The molecule has 0 aromatic carbocycles.